The summed E-state index contributed by atoms with van der Waals surface area (Å²) in [5.74, 6) is 2.08. The van der Waals surface area contributed by atoms with Crippen LogP contribution in [-0.2, 0) is 0 Å². The largest absolute Gasteiger partial charge is 0.356 e. The van der Waals surface area contributed by atoms with E-state index in [1.54, 1.807) is 6.20 Å². The highest BCUT2D eigenvalue weighted by atomic mass is 15.3. The second-order valence-corrected chi connectivity index (χ2v) is 6.90. The van der Waals surface area contributed by atoms with E-state index in [1.165, 1.54) is 19.3 Å². The maximum absolute atomic E-state index is 8.91. The lowest BCUT2D eigenvalue weighted by molar-refractivity contribution is 0.263. The molecule has 2 saturated heterocycles. The third-order valence-electron chi connectivity index (χ3n) is 5.27. The molecule has 0 aromatic carbocycles. The maximum atomic E-state index is 8.91. The third-order valence-corrected chi connectivity index (χ3v) is 5.27. The van der Waals surface area contributed by atoms with Crippen molar-refractivity contribution in [3.63, 3.8) is 0 Å². The van der Waals surface area contributed by atoms with Gasteiger partial charge in [0.25, 0.3) is 0 Å². The minimum Gasteiger partial charge on any atom is -0.356 e. The lowest BCUT2D eigenvalue weighted by Gasteiger charge is -2.41. The summed E-state index contributed by atoms with van der Waals surface area (Å²) < 4.78 is 0. The Balaban J connectivity index is 1.49. The van der Waals surface area contributed by atoms with E-state index < -0.39 is 0 Å². The lowest BCUT2D eigenvalue weighted by Crippen LogP contribution is -2.45. The summed E-state index contributed by atoms with van der Waals surface area (Å²) in [5.41, 5.74) is 0.942. The van der Waals surface area contributed by atoms with Crippen molar-refractivity contribution in [3.05, 3.63) is 48.3 Å². The summed E-state index contributed by atoms with van der Waals surface area (Å²) in [6.07, 6.45) is 7.21. The quantitative estimate of drug-likeness (QED) is 0.852. The topological polar surface area (TPSA) is 56.1 Å². The van der Waals surface area contributed by atoms with Crippen LogP contribution in [0, 0.1) is 16.7 Å². The molecule has 24 heavy (non-hydrogen) atoms. The first kappa shape index (κ1) is 14.9. The van der Waals surface area contributed by atoms with Gasteiger partial charge in [-0.25, -0.2) is 9.97 Å². The number of nitriles is 1. The van der Waals surface area contributed by atoms with Crippen LogP contribution in [0.4, 0.5) is 11.6 Å². The number of hydrogen-bond acceptors (Lipinski definition) is 5. The van der Waals surface area contributed by atoms with Crippen LogP contribution in [0.5, 0.6) is 0 Å². The molecule has 0 bridgehead atoms. The minimum absolute atomic E-state index is 0.325. The molecule has 2 aromatic rings. The van der Waals surface area contributed by atoms with E-state index in [1.807, 2.05) is 24.4 Å². The van der Waals surface area contributed by atoms with Gasteiger partial charge in [-0.1, -0.05) is 6.07 Å². The molecule has 0 N–H and O–H groups in total. The monoisotopic (exact) mass is 319 g/mol. The molecule has 1 atom stereocenters. The summed E-state index contributed by atoms with van der Waals surface area (Å²) in [5, 5.41) is 8.91. The van der Waals surface area contributed by atoms with Crippen molar-refractivity contribution < 1.29 is 0 Å². The fraction of sp³-hybridized carbons (Fsp3) is 0.421. The second kappa shape index (κ2) is 6.12. The van der Waals surface area contributed by atoms with Crippen molar-refractivity contribution in [2.75, 3.05) is 36.0 Å². The second-order valence-electron chi connectivity index (χ2n) is 6.90. The minimum atomic E-state index is 0.325. The average molecular weight is 319 g/mol. The van der Waals surface area contributed by atoms with E-state index in [0.29, 0.717) is 11.0 Å². The Morgan fingerprint density at radius 2 is 1.79 bits per heavy atom. The SMILES string of the molecule is N#Cc1ccc(N2CCC3(CCCN(c4ccccn4)C3)C2)nc1. The van der Waals surface area contributed by atoms with E-state index >= 15 is 0 Å². The van der Waals surface area contributed by atoms with Gasteiger partial charge in [-0.2, -0.15) is 5.26 Å². The van der Waals surface area contributed by atoms with Gasteiger partial charge in [-0.05, 0) is 43.5 Å². The van der Waals surface area contributed by atoms with E-state index in [2.05, 4.69) is 38.0 Å². The summed E-state index contributed by atoms with van der Waals surface area (Å²) >= 11 is 0. The van der Waals surface area contributed by atoms with Crippen molar-refractivity contribution in [3.8, 4) is 6.07 Å². The normalized spacial score (nSPS) is 23.5. The molecule has 5 heteroatoms. The van der Waals surface area contributed by atoms with Crippen LogP contribution in [0.15, 0.2) is 42.7 Å². The number of rotatable bonds is 2. The molecule has 2 aliphatic heterocycles. The maximum Gasteiger partial charge on any atom is 0.128 e. The molecule has 0 aliphatic carbocycles. The van der Waals surface area contributed by atoms with Gasteiger partial charge >= 0.3 is 0 Å². The molecule has 0 saturated carbocycles. The third kappa shape index (κ3) is 2.80. The molecule has 1 spiro atoms. The highest BCUT2D eigenvalue weighted by molar-refractivity contribution is 5.45. The highest BCUT2D eigenvalue weighted by Crippen LogP contribution is 2.41. The van der Waals surface area contributed by atoms with Gasteiger partial charge in [0.2, 0.25) is 0 Å². The molecule has 0 radical (unpaired) electrons. The van der Waals surface area contributed by atoms with Crippen LogP contribution in [0.25, 0.3) is 0 Å². The number of piperidine rings is 1. The lowest BCUT2D eigenvalue weighted by atomic mass is 9.79. The molecule has 2 aromatic heterocycles. The molecule has 122 valence electrons. The number of anilines is 2. The first-order valence-electron chi connectivity index (χ1n) is 8.55. The standard InChI is InChI=1S/C19H21N5/c20-12-16-5-6-18(22-13-16)24-11-8-19(15-24)7-3-10-23(14-19)17-4-1-2-9-21-17/h1-2,4-6,9,13H,3,7-8,10-11,14-15H2. The van der Waals surface area contributed by atoms with Crippen LogP contribution < -0.4 is 9.80 Å². The van der Waals surface area contributed by atoms with E-state index in [9.17, 15) is 0 Å². The summed E-state index contributed by atoms with van der Waals surface area (Å²) in [7, 11) is 0. The van der Waals surface area contributed by atoms with Crippen LogP contribution in [0.2, 0.25) is 0 Å². The van der Waals surface area contributed by atoms with Crippen molar-refractivity contribution in [1.29, 1.82) is 5.26 Å². The van der Waals surface area contributed by atoms with Gasteiger partial charge in [-0.3, -0.25) is 0 Å². The van der Waals surface area contributed by atoms with Gasteiger partial charge in [0.05, 0.1) is 5.56 Å². The van der Waals surface area contributed by atoms with Gasteiger partial charge in [0, 0.05) is 44.0 Å². The van der Waals surface area contributed by atoms with E-state index in [-0.39, 0.29) is 0 Å². The van der Waals surface area contributed by atoms with Gasteiger partial charge in [0.1, 0.15) is 17.7 Å². The summed E-state index contributed by atoms with van der Waals surface area (Å²) in [6, 6.07) is 12.1. The molecule has 2 fully saturated rings. The first-order valence-corrected chi connectivity index (χ1v) is 8.55. The number of aromatic nitrogens is 2. The predicted octanol–water partition coefficient (Wildman–Crippen LogP) is 2.85. The molecule has 1 unspecified atom stereocenters. The molecule has 4 heterocycles. The van der Waals surface area contributed by atoms with Crippen molar-refractivity contribution >= 4 is 11.6 Å². The number of pyridine rings is 2. The van der Waals surface area contributed by atoms with Gasteiger partial charge in [-0.15, -0.1) is 0 Å². The Morgan fingerprint density at radius 3 is 2.50 bits per heavy atom. The van der Waals surface area contributed by atoms with Gasteiger partial charge in [0.15, 0.2) is 0 Å². The van der Waals surface area contributed by atoms with Crippen molar-refractivity contribution in [2.24, 2.45) is 5.41 Å². The average Bonchev–Trinajstić information content (AvgIpc) is 3.06. The Hall–Kier alpha value is -2.61. The van der Waals surface area contributed by atoms with E-state index in [4.69, 9.17) is 5.26 Å². The fourth-order valence-electron chi connectivity index (χ4n) is 4.05. The van der Waals surface area contributed by atoms with E-state index in [0.717, 1.165) is 37.8 Å². The van der Waals surface area contributed by atoms with Crippen LogP contribution in [-0.4, -0.2) is 36.1 Å². The zero-order valence-corrected chi connectivity index (χ0v) is 13.7. The summed E-state index contributed by atoms with van der Waals surface area (Å²) in [4.78, 5) is 13.8. The molecule has 2 aliphatic rings. The van der Waals surface area contributed by atoms with Crippen molar-refractivity contribution in [1.82, 2.24) is 9.97 Å². The molecule has 4 rings (SSSR count). The Bertz CT molecular complexity index is 737. The smallest absolute Gasteiger partial charge is 0.128 e. The zero-order chi connectivity index (χ0) is 16.4. The summed E-state index contributed by atoms with van der Waals surface area (Å²) in [6.45, 7) is 4.23. The fourth-order valence-corrected chi connectivity index (χ4v) is 4.05. The molecule has 0 amide bonds. The molecule has 5 nitrogen and oxygen atoms in total. The zero-order valence-electron chi connectivity index (χ0n) is 13.7. The first-order chi connectivity index (χ1) is 11.8. The Labute approximate surface area is 142 Å². The number of hydrogen-bond donors (Lipinski definition) is 0. The van der Waals surface area contributed by atoms with Crippen LogP contribution in [0.3, 0.4) is 0 Å². The van der Waals surface area contributed by atoms with Crippen molar-refractivity contribution in [2.45, 2.75) is 19.3 Å². The Morgan fingerprint density at radius 1 is 0.958 bits per heavy atom. The molecular weight excluding hydrogens is 298 g/mol. The predicted molar refractivity (Wildman–Crippen MR) is 93.9 cm³/mol. The molecular formula is C19H21N5. The van der Waals surface area contributed by atoms with Crippen LogP contribution in [0.1, 0.15) is 24.8 Å². The number of nitrogens with zero attached hydrogens (tertiary/aromatic N) is 5. The highest BCUT2D eigenvalue weighted by Gasteiger charge is 2.42. The Kier molecular flexibility index (Phi) is 3.81. The van der Waals surface area contributed by atoms with Gasteiger partial charge < -0.3 is 9.80 Å². The van der Waals surface area contributed by atoms with Crippen LogP contribution >= 0.6 is 0 Å².